The molecule has 0 radical (unpaired) electrons. The lowest BCUT2D eigenvalue weighted by molar-refractivity contribution is -0.123. The van der Waals surface area contributed by atoms with E-state index >= 15 is 0 Å². The van der Waals surface area contributed by atoms with E-state index in [4.69, 9.17) is 5.73 Å². The summed E-state index contributed by atoms with van der Waals surface area (Å²) in [6, 6.07) is -0.514. The van der Waals surface area contributed by atoms with Gasteiger partial charge in [-0.05, 0) is 13.3 Å². The van der Waals surface area contributed by atoms with Gasteiger partial charge in [0, 0.05) is 19.5 Å². The van der Waals surface area contributed by atoms with E-state index in [9.17, 15) is 9.59 Å². The Morgan fingerprint density at radius 2 is 2.00 bits per heavy atom. The van der Waals surface area contributed by atoms with Crippen molar-refractivity contribution in [1.82, 2.24) is 10.6 Å². The average molecular weight is 215 g/mol. The molecule has 15 heavy (non-hydrogen) atoms. The molecule has 0 bridgehead atoms. The molecule has 0 fully saturated rings. The summed E-state index contributed by atoms with van der Waals surface area (Å²) in [6.07, 6.45) is 1.57. The lowest BCUT2D eigenvalue weighted by Gasteiger charge is -2.15. The van der Waals surface area contributed by atoms with Crippen LogP contribution in [0, 0.1) is 0 Å². The molecule has 0 aromatic carbocycles. The normalized spacial score (nSPS) is 14.1. The number of hydrogen-bond donors (Lipinski definition) is 3. The Labute approximate surface area is 90.8 Å². The second kappa shape index (κ2) is 7.23. The van der Waals surface area contributed by atoms with Crippen LogP contribution in [0.2, 0.25) is 0 Å². The van der Waals surface area contributed by atoms with E-state index in [0.717, 1.165) is 6.42 Å². The van der Waals surface area contributed by atoms with E-state index in [1.807, 2.05) is 13.8 Å². The maximum atomic E-state index is 11.4. The fourth-order valence-electron chi connectivity index (χ4n) is 1.22. The second-order valence-electron chi connectivity index (χ2n) is 3.74. The van der Waals surface area contributed by atoms with E-state index in [1.165, 1.54) is 6.92 Å². The van der Waals surface area contributed by atoms with E-state index in [0.29, 0.717) is 13.0 Å². The van der Waals surface area contributed by atoms with Crippen molar-refractivity contribution in [3.8, 4) is 0 Å². The SMILES string of the molecule is CCC[C@H](N)C(=O)NC[C@@H](C)NC(C)=O. The predicted molar refractivity (Wildman–Crippen MR) is 59.2 cm³/mol. The standard InChI is InChI=1S/C10H21N3O2/c1-4-5-9(11)10(15)12-6-7(2)13-8(3)14/h7,9H,4-6,11H2,1-3H3,(H,12,15)(H,13,14)/t7-,9+/m1/s1. The maximum absolute atomic E-state index is 11.4. The minimum absolute atomic E-state index is 0.0692. The molecule has 0 saturated carbocycles. The second-order valence-corrected chi connectivity index (χ2v) is 3.74. The van der Waals surface area contributed by atoms with Crippen molar-refractivity contribution in [2.24, 2.45) is 5.73 Å². The number of hydrogen-bond acceptors (Lipinski definition) is 3. The Bertz CT molecular complexity index is 219. The quantitative estimate of drug-likeness (QED) is 0.571. The van der Waals surface area contributed by atoms with E-state index < -0.39 is 6.04 Å². The van der Waals surface area contributed by atoms with Crippen LogP contribution in [-0.4, -0.2) is 30.4 Å². The van der Waals surface area contributed by atoms with Gasteiger partial charge in [0.2, 0.25) is 11.8 Å². The molecule has 0 spiro atoms. The molecule has 2 atom stereocenters. The van der Waals surface area contributed by atoms with Gasteiger partial charge in [0.1, 0.15) is 0 Å². The van der Waals surface area contributed by atoms with Gasteiger partial charge in [-0.3, -0.25) is 9.59 Å². The number of rotatable bonds is 6. The molecule has 0 rings (SSSR count). The van der Waals surface area contributed by atoms with Gasteiger partial charge in [-0.15, -0.1) is 0 Å². The fourth-order valence-corrected chi connectivity index (χ4v) is 1.22. The third-order valence-electron chi connectivity index (χ3n) is 1.97. The summed E-state index contributed by atoms with van der Waals surface area (Å²) >= 11 is 0. The van der Waals surface area contributed by atoms with Crippen molar-refractivity contribution in [2.75, 3.05) is 6.54 Å². The number of carbonyl (C=O) groups excluding carboxylic acids is 2. The molecule has 2 amide bonds. The van der Waals surface area contributed by atoms with Crippen molar-refractivity contribution in [3.05, 3.63) is 0 Å². The first-order valence-corrected chi connectivity index (χ1v) is 5.27. The van der Waals surface area contributed by atoms with Crippen LogP contribution in [0.4, 0.5) is 0 Å². The Balaban J connectivity index is 3.74. The van der Waals surface area contributed by atoms with Gasteiger partial charge in [0.25, 0.3) is 0 Å². The first kappa shape index (κ1) is 13.9. The summed E-state index contributed by atoms with van der Waals surface area (Å²) in [4.78, 5) is 22.1. The maximum Gasteiger partial charge on any atom is 0.236 e. The summed E-state index contributed by atoms with van der Waals surface area (Å²) in [5, 5.41) is 5.37. The van der Waals surface area contributed by atoms with Crippen LogP contribution in [0.5, 0.6) is 0 Å². The zero-order valence-electron chi connectivity index (χ0n) is 9.67. The van der Waals surface area contributed by atoms with Crippen molar-refractivity contribution < 1.29 is 9.59 Å². The minimum atomic E-state index is -0.445. The van der Waals surface area contributed by atoms with Crippen LogP contribution in [0.15, 0.2) is 0 Å². The van der Waals surface area contributed by atoms with Gasteiger partial charge in [-0.25, -0.2) is 0 Å². The molecule has 0 unspecified atom stereocenters. The highest BCUT2D eigenvalue weighted by atomic mass is 16.2. The Kier molecular flexibility index (Phi) is 6.70. The Morgan fingerprint density at radius 3 is 2.47 bits per heavy atom. The molecular formula is C10H21N3O2. The summed E-state index contributed by atoms with van der Waals surface area (Å²) in [7, 11) is 0. The number of nitrogens with one attached hydrogen (secondary N) is 2. The molecule has 0 aliphatic carbocycles. The van der Waals surface area contributed by atoms with Crippen LogP contribution >= 0.6 is 0 Å². The zero-order valence-corrected chi connectivity index (χ0v) is 9.67. The molecule has 0 saturated heterocycles. The van der Waals surface area contributed by atoms with Gasteiger partial charge in [0.05, 0.1) is 6.04 Å². The highest BCUT2D eigenvalue weighted by molar-refractivity contribution is 5.81. The molecule has 5 heteroatoms. The molecule has 0 heterocycles. The summed E-state index contributed by atoms with van der Waals surface area (Å²) in [5.74, 6) is -0.261. The summed E-state index contributed by atoms with van der Waals surface area (Å²) < 4.78 is 0. The molecule has 0 aliphatic rings. The smallest absolute Gasteiger partial charge is 0.236 e. The number of nitrogens with two attached hydrogens (primary N) is 1. The molecule has 88 valence electrons. The number of amides is 2. The molecule has 0 aliphatic heterocycles. The highest BCUT2D eigenvalue weighted by Crippen LogP contribution is 1.92. The molecule has 5 nitrogen and oxygen atoms in total. The highest BCUT2D eigenvalue weighted by Gasteiger charge is 2.12. The van der Waals surface area contributed by atoms with Gasteiger partial charge < -0.3 is 16.4 Å². The molecule has 0 aromatic rings. The number of carbonyl (C=O) groups is 2. The molecule has 0 aromatic heterocycles. The van der Waals surface area contributed by atoms with Crippen LogP contribution in [-0.2, 0) is 9.59 Å². The van der Waals surface area contributed by atoms with Gasteiger partial charge in [-0.1, -0.05) is 13.3 Å². The Hall–Kier alpha value is -1.10. The van der Waals surface area contributed by atoms with Crippen molar-refractivity contribution in [2.45, 2.75) is 45.7 Å². The van der Waals surface area contributed by atoms with Crippen molar-refractivity contribution in [3.63, 3.8) is 0 Å². The van der Waals surface area contributed by atoms with E-state index in [-0.39, 0.29) is 17.9 Å². The minimum Gasteiger partial charge on any atom is -0.353 e. The van der Waals surface area contributed by atoms with Crippen molar-refractivity contribution in [1.29, 1.82) is 0 Å². The van der Waals surface area contributed by atoms with E-state index in [2.05, 4.69) is 10.6 Å². The average Bonchev–Trinajstić information content (AvgIpc) is 2.13. The molecular weight excluding hydrogens is 194 g/mol. The van der Waals surface area contributed by atoms with Gasteiger partial charge >= 0.3 is 0 Å². The van der Waals surface area contributed by atoms with Crippen LogP contribution in [0.1, 0.15) is 33.6 Å². The zero-order chi connectivity index (χ0) is 11.8. The van der Waals surface area contributed by atoms with Crippen LogP contribution < -0.4 is 16.4 Å². The monoisotopic (exact) mass is 215 g/mol. The summed E-state index contributed by atoms with van der Waals surface area (Å²) in [6.45, 7) is 5.66. The third-order valence-corrected chi connectivity index (χ3v) is 1.97. The van der Waals surface area contributed by atoms with E-state index in [1.54, 1.807) is 0 Å². The Morgan fingerprint density at radius 1 is 1.40 bits per heavy atom. The topological polar surface area (TPSA) is 84.2 Å². The lowest BCUT2D eigenvalue weighted by atomic mass is 10.1. The lowest BCUT2D eigenvalue weighted by Crippen LogP contribution is -2.46. The first-order valence-electron chi connectivity index (χ1n) is 5.27. The van der Waals surface area contributed by atoms with Gasteiger partial charge in [0.15, 0.2) is 0 Å². The fraction of sp³-hybridized carbons (Fsp3) is 0.800. The summed E-state index contributed by atoms with van der Waals surface area (Å²) in [5.41, 5.74) is 5.62. The van der Waals surface area contributed by atoms with Gasteiger partial charge in [-0.2, -0.15) is 0 Å². The molecule has 4 N–H and O–H groups in total. The van der Waals surface area contributed by atoms with Crippen molar-refractivity contribution >= 4 is 11.8 Å². The van der Waals surface area contributed by atoms with Crippen LogP contribution in [0.25, 0.3) is 0 Å². The first-order chi connectivity index (χ1) is 6.97. The predicted octanol–water partition coefficient (Wildman–Crippen LogP) is -0.245. The largest absolute Gasteiger partial charge is 0.353 e. The third kappa shape index (κ3) is 6.90. The van der Waals surface area contributed by atoms with Crippen LogP contribution in [0.3, 0.4) is 0 Å².